The molecule has 0 radical (unpaired) electrons. The molecule has 2 heterocycles. The summed E-state index contributed by atoms with van der Waals surface area (Å²) in [4.78, 5) is 17.0. The van der Waals surface area contributed by atoms with Gasteiger partial charge in [-0.3, -0.25) is 14.9 Å². The van der Waals surface area contributed by atoms with Crippen molar-refractivity contribution in [2.45, 2.75) is 12.2 Å². The molecule has 0 spiro atoms. The summed E-state index contributed by atoms with van der Waals surface area (Å²) in [5.41, 5.74) is 2.29. The Morgan fingerprint density at radius 2 is 1.91 bits per heavy atom. The summed E-state index contributed by atoms with van der Waals surface area (Å²) in [7, 11) is 0. The molecule has 4 aromatic rings. The second-order valence-electron chi connectivity index (χ2n) is 7.26. The van der Waals surface area contributed by atoms with Crippen LogP contribution in [0.3, 0.4) is 0 Å². The average Bonchev–Trinajstić information content (AvgIpc) is 3.32. The van der Waals surface area contributed by atoms with E-state index in [1.54, 1.807) is 42.5 Å². The number of aromatic nitrogens is 3. The second kappa shape index (κ2) is 9.89. The maximum atomic E-state index is 14.9. The van der Waals surface area contributed by atoms with Gasteiger partial charge in [0.1, 0.15) is 5.82 Å². The third-order valence-corrected chi connectivity index (χ3v) is 5.40. The van der Waals surface area contributed by atoms with Crippen molar-refractivity contribution in [2.24, 2.45) is 0 Å². The van der Waals surface area contributed by atoms with Crippen molar-refractivity contribution in [3.05, 3.63) is 95.0 Å². The molecule has 1 amide bonds. The van der Waals surface area contributed by atoms with E-state index < -0.39 is 24.7 Å². The minimum atomic E-state index is -1.71. The number of hydrogen-bond donors (Lipinski definition) is 3. The highest BCUT2D eigenvalue weighted by Crippen LogP contribution is 2.33. The molecular formula is C24H19ClF2N4O2. The van der Waals surface area contributed by atoms with Gasteiger partial charge in [0, 0.05) is 17.3 Å². The highest BCUT2D eigenvalue weighted by atomic mass is 35.5. The van der Waals surface area contributed by atoms with E-state index in [9.17, 15) is 18.7 Å². The Morgan fingerprint density at radius 3 is 2.61 bits per heavy atom. The van der Waals surface area contributed by atoms with Gasteiger partial charge in [0.25, 0.3) is 5.91 Å². The molecule has 0 aliphatic carbocycles. The third kappa shape index (κ3) is 4.92. The summed E-state index contributed by atoms with van der Waals surface area (Å²) in [6, 6.07) is 15.8. The first kappa shape index (κ1) is 22.6. The summed E-state index contributed by atoms with van der Waals surface area (Å²) in [5, 5.41) is 19.6. The van der Waals surface area contributed by atoms with Gasteiger partial charge in [0.05, 0.1) is 40.3 Å². The number of amides is 1. The summed E-state index contributed by atoms with van der Waals surface area (Å²) < 4.78 is 28.1. The summed E-state index contributed by atoms with van der Waals surface area (Å²) >= 11 is 6.40. The van der Waals surface area contributed by atoms with Gasteiger partial charge in [-0.15, -0.1) is 0 Å². The van der Waals surface area contributed by atoms with Crippen molar-refractivity contribution in [3.8, 4) is 22.5 Å². The van der Waals surface area contributed by atoms with Crippen LogP contribution >= 0.6 is 11.6 Å². The van der Waals surface area contributed by atoms with Crippen LogP contribution in [0.4, 0.5) is 8.78 Å². The molecule has 0 saturated carbocycles. The fourth-order valence-electron chi connectivity index (χ4n) is 3.41. The number of alkyl halides is 1. The normalized spacial score (nSPS) is 12.8. The van der Waals surface area contributed by atoms with Gasteiger partial charge in [0.15, 0.2) is 6.17 Å². The van der Waals surface area contributed by atoms with Crippen LogP contribution in [0.15, 0.2) is 72.9 Å². The number of aliphatic hydroxyl groups excluding tert-OH is 1. The van der Waals surface area contributed by atoms with Crippen LogP contribution in [0, 0.1) is 5.82 Å². The van der Waals surface area contributed by atoms with Crippen LogP contribution in [0.25, 0.3) is 22.5 Å². The van der Waals surface area contributed by atoms with E-state index in [4.69, 9.17) is 11.6 Å². The van der Waals surface area contributed by atoms with Crippen LogP contribution in [0.1, 0.15) is 22.2 Å². The molecule has 0 saturated heterocycles. The first-order valence-electron chi connectivity index (χ1n) is 10.0. The Kier molecular flexibility index (Phi) is 6.76. The first-order valence-corrected chi connectivity index (χ1v) is 10.4. The molecule has 2 atom stereocenters. The first-order chi connectivity index (χ1) is 16.0. The Bertz CT molecular complexity index is 1250. The van der Waals surface area contributed by atoms with Crippen molar-refractivity contribution in [2.75, 3.05) is 6.61 Å². The molecule has 3 N–H and O–H groups in total. The lowest BCUT2D eigenvalue weighted by Crippen LogP contribution is -2.41. The molecule has 9 heteroatoms. The van der Waals surface area contributed by atoms with Gasteiger partial charge in [-0.1, -0.05) is 23.7 Å². The third-order valence-electron chi connectivity index (χ3n) is 5.08. The number of carbonyl (C=O) groups is 1. The molecule has 0 aliphatic heterocycles. The van der Waals surface area contributed by atoms with E-state index in [0.717, 1.165) is 0 Å². The van der Waals surface area contributed by atoms with E-state index in [2.05, 4.69) is 20.5 Å². The van der Waals surface area contributed by atoms with Gasteiger partial charge >= 0.3 is 0 Å². The largest absolute Gasteiger partial charge is 0.394 e. The second-order valence-corrected chi connectivity index (χ2v) is 7.66. The minimum Gasteiger partial charge on any atom is -0.394 e. The lowest BCUT2D eigenvalue weighted by molar-refractivity contribution is 0.0861. The van der Waals surface area contributed by atoms with E-state index in [-0.39, 0.29) is 22.1 Å². The lowest BCUT2D eigenvalue weighted by Gasteiger charge is -2.21. The van der Waals surface area contributed by atoms with E-state index in [1.807, 2.05) is 0 Å². The summed E-state index contributed by atoms with van der Waals surface area (Å²) in [6.07, 6.45) is -0.274. The molecule has 0 fully saturated rings. The molecule has 33 heavy (non-hydrogen) atoms. The molecule has 0 bridgehead atoms. The molecule has 0 aliphatic rings. The number of aromatic amines is 1. The summed E-state index contributed by atoms with van der Waals surface area (Å²) in [6.45, 7) is -0.627. The van der Waals surface area contributed by atoms with E-state index in [1.165, 1.54) is 30.5 Å². The van der Waals surface area contributed by atoms with Crippen LogP contribution in [-0.4, -0.2) is 38.8 Å². The Balaban J connectivity index is 1.63. The number of aliphatic hydroxyl groups is 1. The number of hydrogen-bond acceptors (Lipinski definition) is 4. The quantitative estimate of drug-likeness (QED) is 0.365. The molecule has 168 valence electrons. The fraction of sp³-hybridized carbons (Fsp3) is 0.125. The number of carbonyl (C=O) groups excluding carboxylic acids is 1. The number of benzene rings is 2. The SMILES string of the molecule is O=C(N[C@@H](CO)C(F)c1ccccn1)c1cccc(Cl)c1-c1cc(-c2ccc(F)cc2)n[nH]1. The molecule has 1 unspecified atom stereocenters. The van der Waals surface area contributed by atoms with Crippen LogP contribution in [0.2, 0.25) is 5.02 Å². The van der Waals surface area contributed by atoms with Gasteiger partial charge < -0.3 is 10.4 Å². The van der Waals surface area contributed by atoms with Crippen molar-refractivity contribution < 1.29 is 18.7 Å². The molecule has 2 aromatic carbocycles. The molecular weight excluding hydrogens is 450 g/mol. The number of H-pyrrole nitrogens is 1. The van der Waals surface area contributed by atoms with Crippen molar-refractivity contribution in [1.29, 1.82) is 0 Å². The fourth-order valence-corrected chi connectivity index (χ4v) is 3.68. The summed E-state index contributed by atoms with van der Waals surface area (Å²) in [5.74, 6) is -0.988. The van der Waals surface area contributed by atoms with Crippen LogP contribution in [-0.2, 0) is 0 Å². The van der Waals surface area contributed by atoms with Crippen molar-refractivity contribution >= 4 is 17.5 Å². The van der Waals surface area contributed by atoms with Crippen molar-refractivity contribution in [3.63, 3.8) is 0 Å². The molecule has 4 rings (SSSR count). The van der Waals surface area contributed by atoms with Gasteiger partial charge in [-0.05, 0) is 54.6 Å². The zero-order valence-electron chi connectivity index (χ0n) is 17.2. The van der Waals surface area contributed by atoms with Gasteiger partial charge in [-0.25, -0.2) is 8.78 Å². The van der Waals surface area contributed by atoms with E-state index in [0.29, 0.717) is 22.5 Å². The predicted octanol–water partition coefficient (Wildman–Crippen LogP) is 4.73. The number of nitrogens with one attached hydrogen (secondary N) is 2. The topological polar surface area (TPSA) is 90.9 Å². The van der Waals surface area contributed by atoms with Crippen LogP contribution in [0.5, 0.6) is 0 Å². The number of rotatable bonds is 7. The maximum absolute atomic E-state index is 14.9. The maximum Gasteiger partial charge on any atom is 0.252 e. The average molecular weight is 469 g/mol. The smallest absolute Gasteiger partial charge is 0.252 e. The monoisotopic (exact) mass is 468 g/mol. The Hall–Kier alpha value is -3.62. The van der Waals surface area contributed by atoms with Gasteiger partial charge in [0.2, 0.25) is 0 Å². The zero-order valence-corrected chi connectivity index (χ0v) is 17.9. The van der Waals surface area contributed by atoms with Crippen molar-refractivity contribution in [1.82, 2.24) is 20.5 Å². The standard InChI is InChI=1S/C24H19ClF2N4O2/c25-17-5-3-4-16(24(33)29-21(13-32)23(27)18-6-1-2-11-28-18)22(17)20-12-19(30-31-20)14-7-9-15(26)10-8-14/h1-12,21,23,32H,13H2,(H,29,33)(H,30,31)/t21-,23?/m0/s1. The number of nitrogens with zero attached hydrogens (tertiary/aromatic N) is 2. The number of halogens is 3. The highest BCUT2D eigenvalue weighted by Gasteiger charge is 2.27. The van der Waals surface area contributed by atoms with Crippen LogP contribution < -0.4 is 5.32 Å². The predicted molar refractivity (Wildman–Crippen MR) is 121 cm³/mol. The molecule has 2 aromatic heterocycles. The zero-order chi connectivity index (χ0) is 23.4. The van der Waals surface area contributed by atoms with E-state index >= 15 is 0 Å². The minimum absolute atomic E-state index is 0.0978. The highest BCUT2D eigenvalue weighted by molar-refractivity contribution is 6.34. The molecule has 6 nitrogen and oxygen atoms in total. The number of pyridine rings is 1. The van der Waals surface area contributed by atoms with Gasteiger partial charge in [-0.2, -0.15) is 5.10 Å². The Labute approximate surface area is 193 Å². The Morgan fingerprint density at radius 1 is 1.12 bits per heavy atom. The lowest BCUT2D eigenvalue weighted by atomic mass is 10.0.